The number of carboxylic acid groups (broad SMARTS) is 2. The number of carboxylic acids is 2. The van der Waals surface area contributed by atoms with E-state index in [1.54, 1.807) is 4.90 Å². The van der Waals surface area contributed by atoms with Crippen LogP contribution in [0.2, 0.25) is 0 Å². The van der Waals surface area contributed by atoms with Crippen LogP contribution in [-0.4, -0.2) is 114 Å². The van der Waals surface area contributed by atoms with Crippen LogP contribution < -0.4 is 0 Å². The predicted molar refractivity (Wildman–Crippen MR) is 87.4 cm³/mol. The maximum absolute atomic E-state index is 11.1. The fourth-order valence-corrected chi connectivity index (χ4v) is 2.18. The maximum Gasteiger partial charge on any atom is 0.320 e. The Bertz CT molecular complexity index is 458. The third-order valence-electron chi connectivity index (χ3n) is 3.67. The first-order valence-corrected chi connectivity index (χ1v) is 7.79. The average molecular weight is 359 g/mol. The van der Waals surface area contributed by atoms with Gasteiger partial charge in [0.05, 0.1) is 26.2 Å². The second-order valence-corrected chi connectivity index (χ2v) is 5.44. The summed E-state index contributed by atoms with van der Waals surface area (Å²) in [5.41, 5.74) is 0. The average Bonchev–Trinajstić information content (AvgIpc) is 2.54. The molecular weight excluding hydrogens is 334 g/mol. The van der Waals surface area contributed by atoms with E-state index in [9.17, 15) is 24.0 Å². The van der Waals surface area contributed by atoms with Crippen molar-refractivity contribution in [2.75, 3.05) is 52.4 Å². The summed E-state index contributed by atoms with van der Waals surface area (Å²) in [5.74, 6) is -2.11. The zero-order valence-electron chi connectivity index (χ0n) is 14.2. The zero-order valence-corrected chi connectivity index (χ0v) is 14.2. The molecule has 0 saturated carbocycles. The van der Waals surface area contributed by atoms with Crippen LogP contribution in [-0.2, 0) is 24.0 Å². The molecule has 0 aromatic rings. The number of aliphatic carboxylic acids is 2. The van der Waals surface area contributed by atoms with Gasteiger partial charge in [0.1, 0.15) is 24.9 Å². The summed E-state index contributed by atoms with van der Waals surface area (Å²) in [5, 5.41) is 17.8. The van der Waals surface area contributed by atoms with Crippen LogP contribution in [0.15, 0.2) is 0 Å². The van der Waals surface area contributed by atoms with Gasteiger partial charge in [-0.05, 0) is 6.92 Å². The third kappa shape index (κ3) is 10.3. The van der Waals surface area contributed by atoms with E-state index in [1.807, 2.05) is 0 Å². The molecule has 2 N–H and O–H groups in total. The molecule has 10 heteroatoms. The van der Waals surface area contributed by atoms with E-state index in [4.69, 9.17) is 10.2 Å². The first-order chi connectivity index (χ1) is 11.8. The lowest BCUT2D eigenvalue weighted by Gasteiger charge is -2.29. The number of nitrogens with zero attached hydrogens (tertiary/aromatic N) is 3. The summed E-state index contributed by atoms with van der Waals surface area (Å²) in [6, 6.07) is -0.846. The van der Waals surface area contributed by atoms with Gasteiger partial charge in [0.2, 0.25) is 0 Å². The highest BCUT2D eigenvalue weighted by Gasteiger charge is 2.21. The first-order valence-electron chi connectivity index (χ1n) is 7.79. The summed E-state index contributed by atoms with van der Waals surface area (Å²) in [4.78, 5) is 58.5. The lowest BCUT2D eigenvalue weighted by Crippen LogP contribution is -2.46. The van der Waals surface area contributed by atoms with Crippen molar-refractivity contribution in [3.05, 3.63) is 0 Å². The fraction of sp³-hybridized carbons (Fsp3) is 0.667. The van der Waals surface area contributed by atoms with Crippen LogP contribution in [0.1, 0.15) is 6.92 Å². The van der Waals surface area contributed by atoms with Crippen molar-refractivity contribution in [1.29, 1.82) is 0 Å². The molecule has 0 saturated heterocycles. The lowest BCUT2D eigenvalue weighted by molar-refractivity contribution is -0.143. The topological polar surface area (TPSA) is 136 Å². The molecule has 10 nitrogen and oxygen atoms in total. The Balaban J connectivity index is 4.67. The van der Waals surface area contributed by atoms with Crippen molar-refractivity contribution in [2.24, 2.45) is 0 Å². The highest BCUT2D eigenvalue weighted by molar-refractivity contribution is 5.73. The Labute approximate surface area is 146 Å². The minimum absolute atomic E-state index is 0.0332. The third-order valence-corrected chi connectivity index (χ3v) is 3.67. The zero-order chi connectivity index (χ0) is 19.2. The molecule has 0 aliphatic heterocycles. The van der Waals surface area contributed by atoms with Gasteiger partial charge in [-0.25, -0.2) is 0 Å². The van der Waals surface area contributed by atoms with Gasteiger partial charge in [-0.1, -0.05) is 0 Å². The molecule has 0 aliphatic rings. The largest absolute Gasteiger partial charge is 0.480 e. The van der Waals surface area contributed by atoms with Gasteiger partial charge in [0.15, 0.2) is 0 Å². The van der Waals surface area contributed by atoms with E-state index in [2.05, 4.69) is 0 Å². The van der Waals surface area contributed by atoms with Gasteiger partial charge in [0, 0.05) is 26.2 Å². The van der Waals surface area contributed by atoms with Crippen LogP contribution >= 0.6 is 0 Å². The Kier molecular flexibility index (Phi) is 12.0. The monoisotopic (exact) mass is 359 g/mol. The molecule has 142 valence electrons. The second kappa shape index (κ2) is 13.2. The van der Waals surface area contributed by atoms with Crippen LogP contribution in [0.3, 0.4) is 0 Å². The highest BCUT2D eigenvalue weighted by atomic mass is 16.4. The minimum atomic E-state index is -1.06. The van der Waals surface area contributed by atoms with Crippen LogP contribution in [0.25, 0.3) is 0 Å². The molecule has 1 atom stereocenters. The van der Waals surface area contributed by atoms with E-state index in [-0.39, 0.29) is 39.3 Å². The van der Waals surface area contributed by atoms with Crippen molar-refractivity contribution >= 4 is 30.8 Å². The summed E-state index contributed by atoms with van der Waals surface area (Å²) in [7, 11) is 0. The summed E-state index contributed by atoms with van der Waals surface area (Å²) in [6.45, 7) is 2.36. The first kappa shape index (κ1) is 22.8. The predicted octanol–water partition coefficient (Wildman–Crippen LogP) is -1.95. The lowest BCUT2D eigenvalue weighted by atomic mass is 10.2. The van der Waals surface area contributed by atoms with Crippen LogP contribution in [0.4, 0.5) is 0 Å². The van der Waals surface area contributed by atoms with Crippen molar-refractivity contribution in [3.63, 3.8) is 0 Å². The molecular formula is C15H25N3O7. The van der Waals surface area contributed by atoms with Crippen molar-refractivity contribution in [3.8, 4) is 0 Å². The number of rotatable bonds is 16. The molecule has 0 spiro atoms. The molecule has 1 unspecified atom stereocenters. The SMILES string of the molecule is CC(C(=O)O)N(CC=O)CCN(CC=O)CCN(CC=O)CC(=O)O. The normalized spacial score (nSPS) is 12.3. The van der Waals surface area contributed by atoms with Gasteiger partial charge in [-0.2, -0.15) is 0 Å². The van der Waals surface area contributed by atoms with E-state index in [0.29, 0.717) is 31.9 Å². The Morgan fingerprint density at radius 2 is 1.32 bits per heavy atom. The molecule has 0 aromatic carbocycles. The van der Waals surface area contributed by atoms with Gasteiger partial charge >= 0.3 is 11.9 Å². The molecule has 0 bridgehead atoms. The highest BCUT2D eigenvalue weighted by Crippen LogP contribution is 2.00. The van der Waals surface area contributed by atoms with Gasteiger partial charge in [-0.15, -0.1) is 0 Å². The molecule has 0 rings (SSSR count). The standard InChI is InChI=1S/C15H25N3O7/c1-13(15(24)25)18(8-11-21)5-4-16(6-9-19)2-3-17(7-10-20)12-14(22)23/h9-11,13H,2-8,12H2,1H3,(H,22,23)(H,24,25). The Hall–Kier alpha value is -2.17. The van der Waals surface area contributed by atoms with E-state index < -0.39 is 18.0 Å². The smallest absolute Gasteiger partial charge is 0.320 e. The number of hydrogen-bond donors (Lipinski definition) is 2. The van der Waals surface area contributed by atoms with E-state index in [0.717, 1.165) is 0 Å². The Morgan fingerprint density at radius 1 is 0.840 bits per heavy atom. The second-order valence-electron chi connectivity index (χ2n) is 5.44. The van der Waals surface area contributed by atoms with E-state index in [1.165, 1.54) is 16.7 Å². The fourth-order valence-electron chi connectivity index (χ4n) is 2.18. The van der Waals surface area contributed by atoms with Gasteiger partial charge in [-0.3, -0.25) is 24.3 Å². The molecule has 0 fully saturated rings. The summed E-state index contributed by atoms with van der Waals surface area (Å²) in [6.07, 6.45) is 1.90. The molecule has 0 aromatic heterocycles. The van der Waals surface area contributed by atoms with Crippen molar-refractivity contribution in [1.82, 2.24) is 14.7 Å². The molecule has 0 aliphatic carbocycles. The quantitative estimate of drug-likeness (QED) is 0.299. The summed E-state index contributed by atoms with van der Waals surface area (Å²) >= 11 is 0. The van der Waals surface area contributed by atoms with E-state index >= 15 is 0 Å². The number of carbonyl (C=O) groups is 5. The number of carbonyl (C=O) groups excluding carboxylic acids is 3. The minimum Gasteiger partial charge on any atom is -0.480 e. The van der Waals surface area contributed by atoms with Crippen molar-refractivity contribution < 1.29 is 34.2 Å². The molecule has 0 radical (unpaired) electrons. The molecule has 0 heterocycles. The van der Waals surface area contributed by atoms with Gasteiger partial charge < -0.3 is 24.6 Å². The Morgan fingerprint density at radius 3 is 1.80 bits per heavy atom. The molecule has 25 heavy (non-hydrogen) atoms. The maximum atomic E-state index is 11.1. The number of aldehydes is 3. The van der Waals surface area contributed by atoms with Crippen molar-refractivity contribution in [2.45, 2.75) is 13.0 Å². The van der Waals surface area contributed by atoms with Crippen LogP contribution in [0.5, 0.6) is 0 Å². The molecule has 0 amide bonds. The van der Waals surface area contributed by atoms with Crippen LogP contribution in [0, 0.1) is 0 Å². The van der Waals surface area contributed by atoms with Gasteiger partial charge in [0.25, 0.3) is 0 Å². The summed E-state index contributed by atoms with van der Waals surface area (Å²) < 4.78 is 0. The number of hydrogen-bond acceptors (Lipinski definition) is 8.